The summed E-state index contributed by atoms with van der Waals surface area (Å²) in [6, 6.07) is 0. The molecule has 1 aromatic heterocycles. The molecule has 0 bridgehead atoms. The zero-order chi connectivity index (χ0) is 13.9. The quantitative estimate of drug-likeness (QED) is 0.574. The van der Waals surface area contributed by atoms with Gasteiger partial charge in [0, 0.05) is 24.2 Å². The summed E-state index contributed by atoms with van der Waals surface area (Å²) in [5, 5.41) is 10.5. The lowest BCUT2D eigenvalue weighted by molar-refractivity contribution is 0.578. The molecule has 1 rings (SSSR count). The average Bonchev–Trinajstić information content (AvgIpc) is 2.32. The molecule has 1 unspecified atom stereocenters. The van der Waals surface area contributed by atoms with Crippen LogP contribution in [0.4, 0.5) is 0 Å². The van der Waals surface area contributed by atoms with Crippen molar-refractivity contribution in [3.63, 3.8) is 0 Å². The molecular formula is C10H11Br2N3O2S. The van der Waals surface area contributed by atoms with Gasteiger partial charge in [-0.1, -0.05) is 22.9 Å². The summed E-state index contributed by atoms with van der Waals surface area (Å²) in [4.78, 5) is 24.0. The van der Waals surface area contributed by atoms with Gasteiger partial charge in [-0.05, 0) is 27.7 Å². The van der Waals surface area contributed by atoms with Gasteiger partial charge < -0.3 is 0 Å². The van der Waals surface area contributed by atoms with Crippen molar-refractivity contribution < 1.29 is 0 Å². The van der Waals surface area contributed by atoms with Crippen LogP contribution in [0.1, 0.15) is 12.6 Å². The first-order valence-electron chi connectivity index (χ1n) is 5.03. The number of thioether (sulfide) groups is 1. The summed E-state index contributed by atoms with van der Waals surface area (Å²) in [7, 11) is 1.44. The lowest BCUT2D eigenvalue weighted by Crippen LogP contribution is -2.41. The highest BCUT2D eigenvalue weighted by Gasteiger charge is 2.16. The predicted octanol–water partition coefficient (Wildman–Crippen LogP) is 1.81. The van der Waals surface area contributed by atoms with Crippen LogP contribution < -0.4 is 11.2 Å². The van der Waals surface area contributed by atoms with Crippen molar-refractivity contribution >= 4 is 43.6 Å². The third kappa shape index (κ3) is 3.28. The molecule has 0 fully saturated rings. The third-order valence-electron chi connectivity index (χ3n) is 2.30. The minimum atomic E-state index is -0.382. The second kappa shape index (κ2) is 6.59. The molecule has 1 atom stereocenters. The molecule has 0 aliphatic heterocycles. The summed E-state index contributed by atoms with van der Waals surface area (Å²) in [6.45, 7) is 2.35. The first-order chi connectivity index (χ1) is 8.40. The molecule has 0 aliphatic rings. The van der Waals surface area contributed by atoms with Gasteiger partial charge in [-0.3, -0.25) is 13.9 Å². The van der Waals surface area contributed by atoms with E-state index in [-0.39, 0.29) is 16.1 Å². The van der Waals surface area contributed by atoms with E-state index in [9.17, 15) is 9.59 Å². The van der Waals surface area contributed by atoms with Gasteiger partial charge >= 0.3 is 5.69 Å². The van der Waals surface area contributed by atoms with Crippen molar-refractivity contribution in [2.24, 2.45) is 7.05 Å². The Morgan fingerprint density at radius 3 is 2.61 bits per heavy atom. The maximum atomic E-state index is 12.1. The number of hydrogen-bond acceptors (Lipinski definition) is 4. The minimum absolute atomic E-state index is 0.0884. The SMILES string of the molecule is CC(Br)Cn1c(CSC#N)c(Br)c(=O)n(C)c1=O. The normalized spacial score (nSPS) is 12.2. The van der Waals surface area contributed by atoms with E-state index in [2.05, 4.69) is 31.9 Å². The van der Waals surface area contributed by atoms with Crippen molar-refractivity contribution in [1.29, 1.82) is 5.26 Å². The van der Waals surface area contributed by atoms with E-state index in [1.54, 1.807) is 0 Å². The zero-order valence-electron chi connectivity index (χ0n) is 9.81. The van der Waals surface area contributed by atoms with Gasteiger partial charge in [0.2, 0.25) is 0 Å². The van der Waals surface area contributed by atoms with Gasteiger partial charge in [0.1, 0.15) is 9.87 Å². The summed E-state index contributed by atoms with van der Waals surface area (Å²) >= 11 is 7.58. The van der Waals surface area contributed by atoms with Crippen LogP contribution in [0.25, 0.3) is 0 Å². The fourth-order valence-corrected chi connectivity index (χ4v) is 3.05. The van der Waals surface area contributed by atoms with Crippen LogP contribution in [-0.4, -0.2) is 14.0 Å². The predicted molar refractivity (Wildman–Crippen MR) is 78.9 cm³/mol. The molecule has 0 aliphatic carbocycles. The summed E-state index contributed by atoms with van der Waals surface area (Å²) < 4.78 is 2.90. The highest BCUT2D eigenvalue weighted by atomic mass is 79.9. The second-order valence-corrected chi connectivity index (χ2v) is 6.79. The Morgan fingerprint density at radius 1 is 1.50 bits per heavy atom. The fraction of sp³-hybridized carbons (Fsp3) is 0.500. The second-order valence-electron chi connectivity index (χ2n) is 3.68. The third-order valence-corrected chi connectivity index (χ3v) is 3.93. The number of thiocyanates is 1. The molecule has 18 heavy (non-hydrogen) atoms. The molecule has 0 saturated heterocycles. The number of nitrogens with zero attached hydrogens (tertiary/aromatic N) is 3. The molecule has 0 saturated carbocycles. The van der Waals surface area contributed by atoms with E-state index in [0.717, 1.165) is 16.3 Å². The number of aromatic nitrogens is 2. The van der Waals surface area contributed by atoms with Crippen LogP contribution in [0, 0.1) is 10.7 Å². The highest BCUT2D eigenvalue weighted by molar-refractivity contribution is 9.10. The molecule has 0 radical (unpaired) electrons. The van der Waals surface area contributed by atoms with Crippen LogP contribution in [0.3, 0.4) is 0 Å². The maximum Gasteiger partial charge on any atom is 0.331 e. The molecule has 1 heterocycles. The first kappa shape index (κ1) is 15.5. The van der Waals surface area contributed by atoms with E-state index >= 15 is 0 Å². The fourth-order valence-electron chi connectivity index (χ4n) is 1.45. The Balaban J connectivity index is 3.49. The van der Waals surface area contributed by atoms with E-state index < -0.39 is 0 Å². The number of alkyl halides is 1. The van der Waals surface area contributed by atoms with Crippen LogP contribution in [0.2, 0.25) is 0 Å². The molecule has 0 aromatic carbocycles. The van der Waals surface area contributed by atoms with Gasteiger partial charge in [-0.25, -0.2) is 4.79 Å². The van der Waals surface area contributed by atoms with Crippen molar-refractivity contribution in [1.82, 2.24) is 9.13 Å². The summed E-state index contributed by atoms with van der Waals surface area (Å²) in [5.74, 6) is 0.294. The first-order valence-corrected chi connectivity index (χ1v) is 7.72. The van der Waals surface area contributed by atoms with Crippen LogP contribution in [0.15, 0.2) is 14.1 Å². The van der Waals surface area contributed by atoms with Gasteiger partial charge in [0.05, 0.1) is 5.69 Å². The van der Waals surface area contributed by atoms with Crippen LogP contribution in [0.5, 0.6) is 0 Å². The van der Waals surface area contributed by atoms with E-state index in [1.165, 1.54) is 11.6 Å². The Hall–Kier alpha value is -0.520. The standard InChI is InChI=1S/C10H11Br2N3O2S/c1-6(11)3-15-7(4-18-5-13)8(12)9(16)14(2)10(15)17/h6H,3-4H2,1-2H3. The van der Waals surface area contributed by atoms with E-state index in [0.29, 0.717) is 22.5 Å². The van der Waals surface area contributed by atoms with Crippen molar-refractivity contribution in [2.75, 3.05) is 0 Å². The minimum Gasteiger partial charge on any atom is -0.294 e. The highest BCUT2D eigenvalue weighted by Crippen LogP contribution is 2.17. The Bertz CT molecular complexity index is 601. The van der Waals surface area contributed by atoms with Crippen molar-refractivity contribution in [2.45, 2.75) is 24.0 Å². The summed E-state index contributed by atoms with van der Waals surface area (Å²) in [6.07, 6.45) is 0. The Kier molecular flexibility index (Phi) is 5.69. The van der Waals surface area contributed by atoms with Gasteiger partial charge in [0.25, 0.3) is 5.56 Å². The molecule has 0 amide bonds. The monoisotopic (exact) mass is 395 g/mol. The topological polar surface area (TPSA) is 67.8 Å². The van der Waals surface area contributed by atoms with Gasteiger partial charge in [-0.15, -0.1) is 0 Å². The van der Waals surface area contributed by atoms with Crippen LogP contribution >= 0.6 is 43.6 Å². The molecule has 0 N–H and O–H groups in total. The number of halogens is 2. The number of rotatable bonds is 4. The molecule has 0 spiro atoms. The zero-order valence-corrected chi connectivity index (χ0v) is 13.8. The van der Waals surface area contributed by atoms with E-state index in [1.807, 2.05) is 12.3 Å². The van der Waals surface area contributed by atoms with Gasteiger partial charge in [0.15, 0.2) is 0 Å². The number of nitriles is 1. The smallest absolute Gasteiger partial charge is 0.294 e. The molecule has 1 aromatic rings. The molecule has 8 heteroatoms. The van der Waals surface area contributed by atoms with Crippen molar-refractivity contribution in [3.05, 3.63) is 31.0 Å². The maximum absolute atomic E-state index is 12.1. The molecular weight excluding hydrogens is 386 g/mol. The largest absolute Gasteiger partial charge is 0.331 e. The van der Waals surface area contributed by atoms with Crippen molar-refractivity contribution in [3.8, 4) is 5.40 Å². The molecule has 98 valence electrons. The Labute approximate surface area is 125 Å². The lowest BCUT2D eigenvalue weighted by Gasteiger charge is -2.15. The lowest BCUT2D eigenvalue weighted by atomic mass is 10.4. The Morgan fingerprint density at radius 2 is 2.11 bits per heavy atom. The number of hydrogen-bond donors (Lipinski definition) is 0. The van der Waals surface area contributed by atoms with E-state index in [4.69, 9.17) is 5.26 Å². The molecule has 5 nitrogen and oxygen atoms in total. The van der Waals surface area contributed by atoms with Gasteiger partial charge in [-0.2, -0.15) is 5.26 Å². The average molecular weight is 397 g/mol. The summed E-state index contributed by atoms with van der Waals surface area (Å²) in [5.41, 5.74) is -0.212. The van der Waals surface area contributed by atoms with Crippen LogP contribution in [-0.2, 0) is 19.3 Å².